The summed E-state index contributed by atoms with van der Waals surface area (Å²) in [6, 6.07) is 67.6. The topological polar surface area (TPSA) is 427 Å². The summed E-state index contributed by atoms with van der Waals surface area (Å²) >= 11 is 0. The molecule has 0 unspecified atom stereocenters. The van der Waals surface area contributed by atoms with Crippen LogP contribution < -0.4 is 16.5 Å². The molecule has 118 heavy (non-hydrogen) atoms. The molecule has 0 bridgehead atoms. The number of nitrogens with two attached hydrogens (primary N) is 2. The van der Waals surface area contributed by atoms with Crippen LogP contribution in [0.15, 0.2) is 265 Å². The summed E-state index contributed by atoms with van der Waals surface area (Å²) in [5.41, 5.74) is 11.7. The van der Waals surface area contributed by atoms with Gasteiger partial charge in [-0.25, -0.2) is 17.9 Å². The fourth-order valence-electron chi connectivity index (χ4n) is 13.9. The van der Waals surface area contributed by atoms with Crippen LogP contribution in [-0.2, 0) is 39.4 Å². The highest BCUT2D eigenvalue weighted by molar-refractivity contribution is 7.89. The van der Waals surface area contributed by atoms with Crippen molar-refractivity contribution >= 4 is 106 Å². The van der Waals surface area contributed by atoms with E-state index in [-0.39, 0.29) is 123 Å². The van der Waals surface area contributed by atoms with Gasteiger partial charge in [0.15, 0.2) is 69.4 Å². The SMILES string of the molecule is Cc1ccc2c(c1)C(=O)c1ccccc1C2=O.Cc1ccc2c(c1)C(=O)c1ccccc1C2=O.Cc1ccc2c(c1)C(=O)c1ccccc1C2=O.NOC(=O)c1ccc2c(c1)C(=O)c1ccccc1C2=O.NOS(=O)(=O)c1ccc2c(c1)C(=O)c1ccccc1C2=O.O=C1c2ccccc2C(=O)c2cc(S(=O)(=O)NCCS(=O)(=O)O)ccc21. The molecule has 25 nitrogen and oxygen atoms in total. The van der Waals surface area contributed by atoms with Crippen molar-refractivity contribution in [3.8, 4) is 0 Å². The smallest absolute Gasteiger partial charge is 0.356 e. The molecule has 18 rings (SSSR count). The van der Waals surface area contributed by atoms with Crippen LogP contribution in [0.2, 0.25) is 0 Å². The fraction of sp³-hybridized carbons (Fsp3) is 0.0556. The van der Waals surface area contributed by atoms with Gasteiger partial charge in [-0.15, -0.1) is 0 Å². The van der Waals surface area contributed by atoms with Gasteiger partial charge >= 0.3 is 16.1 Å². The van der Waals surface area contributed by atoms with Gasteiger partial charge < -0.3 is 4.84 Å². The minimum atomic E-state index is -4.32. The van der Waals surface area contributed by atoms with Crippen LogP contribution >= 0.6 is 0 Å². The zero-order valence-corrected chi connectivity index (χ0v) is 64.5. The lowest BCUT2D eigenvalue weighted by atomic mass is 9.83. The Morgan fingerprint density at radius 3 is 0.754 bits per heavy atom. The van der Waals surface area contributed by atoms with Gasteiger partial charge in [-0.2, -0.15) is 32.9 Å². The van der Waals surface area contributed by atoms with Gasteiger partial charge in [0.2, 0.25) is 10.0 Å². The molecule has 586 valence electrons. The molecule has 0 amide bonds. The van der Waals surface area contributed by atoms with Crippen LogP contribution in [0.25, 0.3) is 0 Å². The van der Waals surface area contributed by atoms with Crippen molar-refractivity contribution < 1.29 is 101 Å². The van der Waals surface area contributed by atoms with E-state index in [1.165, 1.54) is 54.6 Å². The zero-order chi connectivity index (χ0) is 84.6. The monoisotopic (exact) mass is 1630 g/mol. The first-order chi connectivity index (χ1) is 56.2. The molecule has 0 saturated heterocycles. The van der Waals surface area contributed by atoms with Gasteiger partial charge in [0.25, 0.3) is 10.1 Å². The van der Waals surface area contributed by atoms with E-state index in [0.717, 1.165) is 34.9 Å². The second-order valence-corrected chi connectivity index (χ2v) is 32.1. The van der Waals surface area contributed by atoms with E-state index in [0.29, 0.717) is 83.5 Å². The highest BCUT2D eigenvalue weighted by Gasteiger charge is 2.37. The summed E-state index contributed by atoms with van der Waals surface area (Å²) in [6.07, 6.45) is 0. The lowest BCUT2D eigenvalue weighted by molar-refractivity contribution is 0.0502. The first kappa shape index (κ1) is 81.8. The second-order valence-electron chi connectivity index (χ2n) is 27.2. The number of aryl methyl sites for hydroxylation is 3. The van der Waals surface area contributed by atoms with Crippen molar-refractivity contribution in [1.29, 1.82) is 0 Å². The first-order valence-electron chi connectivity index (χ1n) is 35.6. The Labute approximate surface area is 672 Å². The standard InChI is InChI=1S/C16H13NO7S2.C15H9NO4.3C15H10O2.C14H9NO5S/c18-15-11-3-1-2-4-12(11)16(19)14-9-10(5-6-13(14)15)26(23,24)17-7-8-25(20,21)22;16-20-15(19)8-5-6-11-12(7-8)14(18)10-4-2-1-3-9(10)13(11)17;3*1-9-6-7-12-13(8-9)15(17)11-5-3-2-4-10(11)14(12)16;15-20-21(18,19)8-5-6-11-12(7-8)14(17)10-4-2-1-3-9(10)13(11)16/h1-6,9,17H,7-8H2,(H,20,21,22);1-7H,16H2;3*2-8H,1H3;1-7H,15H2. The third-order valence-electron chi connectivity index (χ3n) is 19.7. The average Bonchev–Trinajstić information content (AvgIpc) is 0.753. The Bertz CT molecular complexity index is 6560. The molecular weight excluding hydrogens is 1570 g/mol. The van der Waals surface area contributed by atoms with Crippen LogP contribution in [-0.4, -0.2) is 117 Å². The number of carbonyl (C=O) groups excluding carboxylic acids is 13. The first-order valence-corrected chi connectivity index (χ1v) is 40.1. The number of ketones is 12. The van der Waals surface area contributed by atoms with Crippen LogP contribution in [0.5, 0.6) is 0 Å². The normalized spacial score (nSPS) is 13.4. The van der Waals surface area contributed by atoms with Gasteiger partial charge in [0, 0.05) is 140 Å². The minimum absolute atomic E-state index is 0.0248. The molecule has 0 atom stereocenters. The quantitative estimate of drug-likeness (QED) is 0.0811. The summed E-state index contributed by atoms with van der Waals surface area (Å²) in [7, 11) is -12.6. The average molecular weight is 1630 g/mol. The number of nitrogens with one attached hydrogen (secondary N) is 1. The lowest BCUT2D eigenvalue weighted by Gasteiger charge is -2.18. The zero-order valence-electron chi connectivity index (χ0n) is 62.1. The van der Waals surface area contributed by atoms with Crippen molar-refractivity contribution in [2.75, 3.05) is 12.3 Å². The molecule has 28 heteroatoms. The summed E-state index contributed by atoms with van der Waals surface area (Å²) in [5, 5.41) is 0. The number of hydrogen-bond donors (Lipinski definition) is 4. The van der Waals surface area contributed by atoms with Crippen molar-refractivity contribution in [3.63, 3.8) is 0 Å². The Kier molecular flexibility index (Phi) is 22.8. The van der Waals surface area contributed by atoms with Crippen molar-refractivity contribution in [3.05, 3.63) is 411 Å². The number of sulfonamides is 1. The van der Waals surface area contributed by atoms with Crippen molar-refractivity contribution in [2.24, 2.45) is 11.8 Å². The van der Waals surface area contributed by atoms with Crippen molar-refractivity contribution in [2.45, 2.75) is 30.6 Å². The van der Waals surface area contributed by atoms with E-state index in [1.54, 1.807) is 164 Å². The Balaban J connectivity index is 0.000000124. The Hall–Kier alpha value is -14.2. The third kappa shape index (κ3) is 15.9. The van der Waals surface area contributed by atoms with E-state index >= 15 is 0 Å². The van der Waals surface area contributed by atoms with Crippen LogP contribution in [0, 0.1) is 20.8 Å². The van der Waals surface area contributed by atoms with Gasteiger partial charge in [0.1, 0.15) is 0 Å². The largest absolute Gasteiger partial charge is 0.370 e. The highest BCUT2D eigenvalue weighted by atomic mass is 32.2. The second kappa shape index (κ2) is 33.0. The molecule has 0 spiro atoms. The van der Waals surface area contributed by atoms with E-state index < -0.39 is 60.1 Å². The molecule has 6 aliphatic rings. The summed E-state index contributed by atoms with van der Waals surface area (Å²) in [4.78, 5) is 163. The molecule has 0 fully saturated rings. The molecule has 0 aromatic heterocycles. The van der Waals surface area contributed by atoms with E-state index in [1.807, 2.05) is 43.7 Å². The van der Waals surface area contributed by atoms with Gasteiger partial charge in [-0.1, -0.05) is 199 Å². The maximum Gasteiger partial charge on any atom is 0.356 e. The number of benzene rings is 12. The predicted molar refractivity (Wildman–Crippen MR) is 426 cm³/mol. The molecule has 0 radical (unpaired) electrons. The van der Waals surface area contributed by atoms with E-state index in [2.05, 4.69) is 9.12 Å². The Morgan fingerprint density at radius 2 is 0.500 bits per heavy atom. The molecular formula is C90H61N3O22S3. The highest BCUT2D eigenvalue weighted by Crippen LogP contribution is 2.35. The van der Waals surface area contributed by atoms with Gasteiger partial charge in [-0.05, 0) is 93.6 Å². The third-order valence-corrected chi connectivity index (χ3v) is 22.9. The minimum Gasteiger partial charge on any atom is -0.370 e. The predicted octanol–water partition coefficient (Wildman–Crippen LogP) is 11.5. The molecule has 12 aromatic rings. The molecule has 6 aliphatic carbocycles. The summed E-state index contributed by atoms with van der Waals surface area (Å²) < 4.78 is 83.6. The summed E-state index contributed by atoms with van der Waals surface area (Å²) in [5.74, 6) is 5.54. The van der Waals surface area contributed by atoms with Crippen LogP contribution in [0.4, 0.5) is 0 Å². The fourth-order valence-corrected chi connectivity index (χ4v) is 16.0. The maximum absolute atomic E-state index is 12.6. The van der Waals surface area contributed by atoms with Crippen LogP contribution in [0.3, 0.4) is 0 Å². The number of rotatable bonds is 8. The van der Waals surface area contributed by atoms with Gasteiger partial charge in [-0.3, -0.25) is 62.1 Å². The van der Waals surface area contributed by atoms with E-state index in [4.69, 9.17) is 16.3 Å². The number of carbonyl (C=O) groups is 13. The molecule has 0 aliphatic heterocycles. The lowest BCUT2D eigenvalue weighted by Crippen LogP contribution is -2.29. The van der Waals surface area contributed by atoms with Gasteiger partial charge in [0.05, 0.1) is 21.1 Å². The number of hydrogen-bond acceptors (Lipinski definition) is 23. The van der Waals surface area contributed by atoms with Crippen LogP contribution in [0.1, 0.15) is 218 Å². The Morgan fingerprint density at radius 1 is 0.288 bits per heavy atom. The molecule has 0 saturated carbocycles. The van der Waals surface area contributed by atoms with Crippen molar-refractivity contribution in [1.82, 2.24) is 4.72 Å². The maximum atomic E-state index is 12.6. The number of fused-ring (bicyclic) bond motifs is 12. The molecule has 12 aromatic carbocycles. The molecule has 6 N–H and O–H groups in total. The van der Waals surface area contributed by atoms with E-state index in [9.17, 15) is 87.6 Å². The summed E-state index contributed by atoms with van der Waals surface area (Å²) in [6.45, 7) is 5.21. The molecule has 0 heterocycles.